The lowest BCUT2D eigenvalue weighted by atomic mass is 10.2. The Balaban J connectivity index is 0.00000341. The Kier molecular flexibility index (Phi) is 10.3. The Labute approximate surface area is 202 Å². The topological polar surface area (TPSA) is 62.2 Å². The number of aromatic nitrogens is 1. The van der Waals surface area contributed by atoms with Crippen LogP contribution < -0.4 is 15.0 Å². The van der Waals surface area contributed by atoms with E-state index in [1.54, 1.807) is 7.11 Å². The zero-order chi connectivity index (χ0) is 21.3. The number of hydrogen-bond donors (Lipinski definition) is 1. The molecule has 1 aromatic heterocycles. The van der Waals surface area contributed by atoms with Crippen molar-refractivity contribution in [3.8, 4) is 5.75 Å². The molecule has 0 bridgehead atoms. The molecule has 0 radical (unpaired) electrons. The van der Waals surface area contributed by atoms with E-state index in [0.29, 0.717) is 13.1 Å². The molecule has 1 aliphatic heterocycles. The molecule has 170 valence electrons. The number of anilines is 1. The predicted molar refractivity (Wildman–Crippen MR) is 137 cm³/mol. The van der Waals surface area contributed by atoms with Crippen molar-refractivity contribution in [3.63, 3.8) is 0 Å². The van der Waals surface area contributed by atoms with E-state index >= 15 is 0 Å². The van der Waals surface area contributed by atoms with Crippen molar-refractivity contribution in [2.45, 2.75) is 33.0 Å². The summed E-state index contributed by atoms with van der Waals surface area (Å²) >= 11 is 0. The maximum atomic E-state index is 5.61. The zero-order valence-corrected chi connectivity index (χ0v) is 21.2. The average molecular weight is 539 g/mol. The Hall–Kier alpha value is -2.07. The number of pyridine rings is 1. The summed E-state index contributed by atoms with van der Waals surface area (Å²) in [6, 6.07) is 12.3. The minimum absolute atomic E-state index is 0. The van der Waals surface area contributed by atoms with Crippen molar-refractivity contribution >= 4 is 35.8 Å². The minimum atomic E-state index is 0. The molecule has 1 saturated heterocycles. The van der Waals surface area contributed by atoms with Crippen LogP contribution in [0.4, 0.5) is 5.82 Å². The van der Waals surface area contributed by atoms with Gasteiger partial charge in [-0.3, -0.25) is 0 Å². The van der Waals surface area contributed by atoms with Crippen LogP contribution in [0.15, 0.2) is 47.6 Å². The fraction of sp³-hybridized carbons (Fsp3) is 0.478. The number of nitrogens with one attached hydrogen (secondary N) is 1. The molecule has 0 saturated carbocycles. The van der Waals surface area contributed by atoms with E-state index < -0.39 is 0 Å². The second-order valence-corrected chi connectivity index (χ2v) is 7.49. The van der Waals surface area contributed by atoms with Crippen LogP contribution in [0, 0.1) is 0 Å². The lowest BCUT2D eigenvalue weighted by Gasteiger charge is -2.32. The Morgan fingerprint density at radius 1 is 1.32 bits per heavy atom. The van der Waals surface area contributed by atoms with Crippen LogP contribution in [0.25, 0.3) is 0 Å². The van der Waals surface area contributed by atoms with Gasteiger partial charge in [-0.2, -0.15) is 0 Å². The van der Waals surface area contributed by atoms with Gasteiger partial charge in [-0.25, -0.2) is 9.98 Å². The van der Waals surface area contributed by atoms with Gasteiger partial charge in [0.15, 0.2) is 5.96 Å². The number of halogens is 1. The van der Waals surface area contributed by atoms with E-state index in [1.807, 2.05) is 31.4 Å². The molecule has 3 rings (SSSR count). The van der Waals surface area contributed by atoms with Gasteiger partial charge in [-0.15, -0.1) is 24.0 Å². The summed E-state index contributed by atoms with van der Waals surface area (Å²) in [4.78, 5) is 13.8. The Morgan fingerprint density at radius 3 is 2.81 bits per heavy atom. The summed E-state index contributed by atoms with van der Waals surface area (Å²) in [6.07, 6.45) is 2.16. The van der Waals surface area contributed by atoms with E-state index in [0.717, 1.165) is 54.9 Å². The molecule has 1 fully saturated rings. The van der Waals surface area contributed by atoms with Crippen LogP contribution >= 0.6 is 24.0 Å². The number of hydrogen-bond acceptors (Lipinski definition) is 5. The number of para-hydroxylation sites is 1. The standard InChI is InChI=1S/C23H33N5O2.HI/c1-5-24-23(27(3)17-20-8-6-7-9-21(20)29-4)26-15-19-10-11-22(25-14-19)28-12-13-30-18(2)16-28;/h6-11,14,18H,5,12-13,15-17H2,1-4H3,(H,24,26);1H. The Morgan fingerprint density at radius 2 is 2.13 bits per heavy atom. The lowest BCUT2D eigenvalue weighted by molar-refractivity contribution is 0.0529. The van der Waals surface area contributed by atoms with E-state index in [-0.39, 0.29) is 30.1 Å². The highest BCUT2D eigenvalue weighted by Crippen LogP contribution is 2.19. The highest BCUT2D eigenvalue weighted by molar-refractivity contribution is 14.0. The van der Waals surface area contributed by atoms with E-state index in [2.05, 4.69) is 52.1 Å². The van der Waals surface area contributed by atoms with Crippen molar-refractivity contribution in [2.24, 2.45) is 4.99 Å². The van der Waals surface area contributed by atoms with Crippen molar-refractivity contribution < 1.29 is 9.47 Å². The number of nitrogens with zero attached hydrogens (tertiary/aromatic N) is 4. The van der Waals surface area contributed by atoms with Gasteiger partial charge < -0.3 is 24.6 Å². The van der Waals surface area contributed by atoms with Gasteiger partial charge in [0.05, 0.1) is 26.4 Å². The van der Waals surface area contributed by atoms with Crippen LogP contribution in [0.3, 0.4) is 0 Å². The molecule has 31 heavy (non-hydrogen) atoms. The van der Waals surface area contributed by atoms with E-state index in [4.69, 9.17) is 14.5 Å². The summed E-state index contributed by atoms with van der Waals surface area (Å²) in [5, 5.41) is 3.37. The van der Waals surface area contributed by atoms with Gasteiger partial charge in [0.1, 0.15) is 11.6 Å². The van der Waals surface area contributed by atoms with Gasteiger partial charge in [0.2, 0.25) is 0 Å². The number of aliphatic imine (C=N–C) groups is 1. The van der Waals surface area contributed by atoms with Gasteiger partial charge >= 0.3 is 0 Å². The molecule has 8 heteroatoms. The molecule has 1 aliphatic rings. The predicted octanol–water partition coefficient (Wildman–Crippen LogP) is 3.53. The highest BCUT2D eigenvalue weighted by Gasteiger charge is 2.17. The molecule has 7 nitrogen and oxygen atoms in total. The summed E-state index contributed by atoms with van der Waals surface area (Å²) < 4.78 is 11.1. The molecular formula is C23H34IN5O2. The van der Waals surface area contributed by atoms with Crippen molar-refractivity contribution in [3.05, 3.63) is 53.7 Å². The summed E-state index contributed by atoms with van der Waals surface area (Å²) in [5.74, 6) is 2.74. The summed E-state index contributed by atoms with van der Waals surface area (Å²) in [6.45, 7) is 8.77. The number of benzene rings is 1. The molecule has 1 atom stereocenters. The number of rotatable bonds is 7. The van der Waals surface area contributed by atoms with Gasteiger partial charge in [-0.05, 0) is 31.5 Å². The van der Waals surface area contributed by atoms with Crippen LogP contribution in [0.2, 0.25) is 0 Å². The third-order valence-electron chi connectivity index (χ3n) is 5.08. The minimum Gasteiger partial charge on any atom is -0.496 e. The molecule has 1 aromatic carbocycles. The van der Waals surface area contributed by atoms with Crippen LogP contribution in [-0.2, 0) is 17.8 Å². The first kappa shape index (κ1) is 25.2. The fourth-order valence-electron chi connectivity index (χ4n) is 3.52. The molecule has 2 heterocycles. The maximum absolute atomic E-state index is 5.61. The third kappa shape index (κ3) is 7.24. The average Bonchev–Trinajstić information content (AvgIpc) is 2.77. The smallest absolute Gasteiger partial charge is 0.194 e. The number of guanidine groups is 1. The largest absolute Gasteiger partial charge is 0.496 e. The monoisotopic (exact) mass is 539 g/mol. The van der Waals surface area contributed by atoms with Crippen molar-refractivity contribution in [1.82, 2.24) is 15.2 Å². The SMILES string of the molecule is CCNC(=NCc1ccc(N2CCOC(C)C2)nc1)N(C)Cc1ccccc1OC.I. The van der Waals surface area contributed by atoms with Crippen LogP contribution in [0.1, 0.15) is 25.0 Å². The third-order valence-corrected chi connectivity index (χ3v) is 5.08. The molecule has 0 spiro atoms. The van der Waals surface area contributed by atoms with E-state index in [9.17, 15) is 0 Å². The van der Waals surface area contributed by atoms with Gasteiger partial charge in [0, 0.05) is 45.0 Å². The fourth-order valence-corrected chi connectivity index (χ4v) is 3.52. The number of ether oxygens (including phenoxy) is 2. The van der Waals surface area contributed by atoms with Gasteiger partial charge in [0.25, 0.3) is 0 Å². The molecular weight excluding hydrogens is 505 g/mol. The summed E-state index contributed by atoms with van der Waals surface area (Å²) in [5.41, 5.74) is 2.21. The maximum Gasteiger partial charge on any atom is 0.194 e. The number of morpholine rings is 1. The molecule has 1 unspecified atom stereocenters. The van der Waals surface area contributed by atoms with Crippen molar-refractivity contribution in [2.75, 3.05) is 45.3 Å². The molecule has 0 aliphatic carbocycles. The quantitative estimate of drug-likeness (QED) is 0.330. The normalized spacial score (nSPS) is 16.5. The first-order valence-electron chi connectivity index (χ1n) is 10.5. The number of methoxy groups -OCH3 is 1. The second-order valence-electron chi connectivity index (χ2n) is 7.49. The second kappa shape index (κ2) is 12.7. The lowest BCUT2D eigenvalue weighted by Crippen LogP contribution is -2.41. The van der Waals surface area contributed by atoms with Crippen LogP contribution in [0.5, 0.6) is 5.75 Å². The molecule has 0 amide bonds. The Bertz CT molecular complexity index is 831. The van der Waals surface area contributed by atoms with E-state index in [1.165, 1.54) is 0 Å². The highest BCUT2D eigenvalue weighted by atomic mass is 127. The molecule has 2 aromatic rings. The molecule has 1 N–H and O–H groups in total. The zero-order valence-electron chi connectivity index (χ0n) is 18.9. The first-order valence-corrected chi connectivity index (χ1v) is 10.5. The van der Waals surface area contributed by atoms with Crippen LogP contribution in [-0.4, -0.2) is 62.3 Å². The summed E-state index contributed by atoms with van der Waals surface area (Å²) in [7, 11) is 3.74. The van der Waals surface area contributed by atoms with Crippen molar-refractivity contribution in [1.29, 1.82) is 0 Å². The van der Waals surface area contributed by atoms with Gasteiger partial charge in [-0.1, -0.05) is 24.3 Å². The first-order chi connectivity index (χ1) is 14.6.